The number of ether oxygens (including phenoxy) is 1. The lowest BCUT2D eigenvalue weighted by molar-refractivity contribution is 0.157. The van der Waals surface area contributed by atoms with Crippen LogP contribution in [0.5, 0.6) is 0 Å². The van der Waals surface area contributed by atoms with Crippen molar-refractivity contribution in [1.29, 1.82) is 0 Å². The van der Waals surface area contributed by atoms with E-state index >= 15 is 0 Å². The minimum Gasteiger partial charge on any atom is -0.369 e. The summed E-state index contributed by atoms with van der Waals surface area (Å²) in [6, 6.07) is 0. The van der Waals surface area contributed by atoms with E-state index in [0.717, 1.165) is 17.9 Å². The normalized spacial score (nSPS) is 57.6. The minimum atomic E-state index is 0.716. The molecule has 0 aromatic heterocycles. The molecule has 0 radical (unpaired) electrons. The number of rotatable bonds is 0. The number of hydrogen-bond donors (Lipinski definition) is 0. The van der Waals surface area contributed by atoms with Crippen LogP contribution in [-0.2, 0) is 4.74 Å². The molecule has 1 heteroatoms. The van der Waals surface area contributed by atoms with Gasteiger partial charge in [0.25, 0.3) is 0 Å². The number of hydrogen-bond acceptors (Lipinski definition) is 1. The SMILES string of the molecule is C1CC[C@@H]2[C@@H](C1)C[C@H]1O[C@@H]21. The second kappa shape index (κ2) is 1.76. The number of epoxide rings is 1. The lowest BCUT2D eigenvalue weighted by atomic mass is 9.81. The highest BCUT2D eigenvalue weighted by Crippen LogP contribution is 2.52. The Hall–Kier alpha value is -0.0400. The van der Waals surface area contributed by atoms with Gasteiger partial charge >= 0.3 is 0 Å². The third kappa shape index (κ3) is 0.619. The standard InChI is InChI=1S/C9H14O/c1-2-4-7-6(3-1)5-8-9(7)10-8/h6-9H,1-5H2/t6-,7+,8+,9-/m0/s1. The van der Waals surface area contributed by atoms with Crippen molar-refractivity contribution >= 4 is 0 Å². The third-order valence-electron chi connectivity index (χ3n) is 3.55. The monoisotopic (exact) mass is 138 g/mol. The van der Waals surface area contributed by atoms with Crippen LogP contribution in [0.2, 0.25) is 0 Å². The summed E-state index contributed by atoms with van der Waals surface area (Å²) in [7, 11) is 0. The van der Waals surface area contributed by atoms with Crippen molar-refractivity contribution in [2.45, 2.75) is 44.3 Å². The molecule has 4 atom stereocenters. The molecule has 1 aliphatic heterocycles. The van der Waals surface area contributed by atoms with Crippen molar-refractivity contribution in [1.82, 2.24) is 0 Å². The molecular formula is C9H14O. The van der Waals surface area contributed by atoms with Crippen molar-refractivity contribution in [3.8, 4) is 0 Å². The molecule has 2 saturated carbocycles. The molecule has 3 aliphatic rings. The quantitative estimate of drug-likeness (QED) is 0.466. The fourth-order valence-corrected chi connectivity index (χ4v) is 2.98. The maximum Gasteiger partial charge on any atom is 0.0872 e. The zero-order chi connectivity index (χ0) is 6.55. The summed E-state index contributed by atoms with van der Waals surface area (Å²) < 4.78 is 5.52. The molecular weight excluding hydrogens is 124 g/mol. The Labute approximate surface area is 61.8 Å². The topological polar surface area (TPSA) is 12.5 Å². The van der Waals surface area contributed by atoms with E-state index in [9.17, 15) is 0 Å². The Balaban J connectivity index is 1.80. The van der Waals surface area contributed by atoms with Crippen LogP contribution in [0.25, 0.3) is 0 Å². The highest BCUT2D eigenvalue weighted by molar-refractivity contribution is 5.03. The molecule has 10 heavy (non-hydrogen) atoms. The molecule has 0 aromatic carbocycles. The summed E-state index contributed by atoms with van der Waals surface area (Å²) in [5.41, 5.74) is 0. The largest absolute Gasteiger partial charge is 0.369 e. The van der Waals surface area contributed by atoms with E-state index in [0.29, 0.717) is 6.10 Å². The van der Waals surface area contributed by atoms with Gasteiger partial charge in [0.2, 0.25) is 0 Å². The average molecular weight is 138 g/mol. The van der Waals surface area contributed by atoms with Gasteiger partial charge < -0.3 is 4.74 Å². The summed E-state index contributed by atoms with van der Waals surface area (Å²) in [4.78, 5) is 0. The van der Waals surface area contributed by atoms with Gasteiger partial charge in [-0.25, -0.2) is 0 Å². The van der Waals surface area contributed by atoms with E-state index in [1.807, 2.05) is 0 Å². The van der Waals surface area contributed by atoms with Crippen molar-refractivity contribution in [3.63, 3.8) is 0 Å². The third-order valence-corrected chi connectivity index (χ3v) is 3.55. The van der Waals surface area contributed by atoms with Gasteiger partial charge in [-0.15, -0.1) is 0 Å². The van der Waals surface area contributed by atoms with E-state index < -0.39 is 0 Å². The van der Waals surface area contributed by atoms with E-state index in [2.05, 4.69) is 0 Å². The lowest BCUT2D eigenvalue weighted by Gasteiger charge is -2.26. The van der Waals surface area contributed by atoms with Gasteiger partial charge in [-0.1, -0.05) is 12.8 Å². The van der Waals surface area contributed by atoms with Crippen LogP contribution >= 0.6 is 0 Å². The summed E-state index contributed by atoms with van der Waals surface area (Å²) in [6.45, 7) is 0. The summed E-state index contributed by atoms with van der Waals surface area (Å²) in [6.07, 6.45) is 8.76. The predicted octanol–water partition coefficient (Wildman–Crippen LogP) is 1.96. The Bertz CT molecular complexity index is 155. The van der Waals surface area contributed by atoms with E-state index in [1.54, 1.807) is 0 Å². The van der Waals surface area contributed by atoms with Crippen molar-refractivity contribution in [3.05, 3.63) is 0 Å². The van der Waals surface area contributed by atoms with Gasteiger partial charge in [-0.2, -0.15) is 0 Å². The maximum atomic E-state index is 5.52. The van der Waals surface area contributed by atoms with Gasteiger partial charge in [0.15, 0.2) is 0 Å². The van der Waals surface area contributed by atoms with Gasteiger partial charge in [0.1, 0.15) is 0 Å². The highest BCUT2D eigenvalue weighted by atomic mass is 16.6. The molecule has 3 fully saturated rings. The fraction of sp³-hybridized carbons (Fsp3) is 1.00. The van der Waals surface area contributed by atoms with Gasteiger partial charge in [-0.3, -0.25) is 0 Å². The molecule has 0 amide bonds. The first-order valence-corrected chi connectivity index (χ1v) is 4.60. The van der Waals surface area contributed by atoms with Crippen molar-refractivity contribution in [2.24, 2.45) is 11.8 Å². The molecule has 0 spiro atoms. The Kier molecular flexibility index (Phi) is 0.984. The first kappa shape index (κ1) is 5.59. The highest BCUT2D eigenvalue weighted by Gasteiger charge is 2.55. The van der Waals surface area contributed by atoms with Crippen LogP contribution in [0.1, 0.15) is 32.1 Å². The summed E-state index contributed by atoms with van der Waals surface area (Å²) in [5.74, 6) is 2.05. The van der Waals surface area contributed by atoms with Gasteiger partial charge in [0.05, 0.1) is 12.2 Å². The fourth-order valence-electron chi connectivity index (χ4n) is 2.98. The molecule has 3 rings (SSSR count). The first-order chi connectivity index (χ1) is 4.95. The second-order valence-corrected chi connectivity index (χ2v) is 4.08. The van der Waals surface area contributed by atoms with Crippen LogP contribution in [0.4, 0.5) is 0 Å². The first-order valence-electron chi connectivity index (χ1n) is 4.60. The van der Waals surface area contributed by atoms with Crippen LogP contribution in [-0.4, -0.2) is 12.2 Å². The molecule has 0 N–H and O–H groups in total. The molecule has 1 saturated heterocycles. The van der Waals surface area contributed by atoms with Crippen LogP contribution in [0.15, 0.2) is 0 Å². The van der Waals surface area contributed by atoms with Crippen molar-refractivity contribution in [2.75, 3.05) is 0 Å². The van der Waals surface area contributed by atoms with Crippen LogP contribution in [0.3, 0.4) is 0 Å². The minimum absolute atomic E-state index is 0.716. The zero-order valence-corrected chi connectivity index (χ0v) is 6.25. The lowest BCUT2D eigenvalue weighted by Crippen LogP contribution is -2.19. The number of fused-ring (bicyclic) bond motifs is 3. The molecule has 1 heterocycles. The van der Waals surface area contributed by atoms with E-state index in [1.165, 1.54) is 32.1 Å². The molecule has 2 aliphatic carbocycles. The molecule has 56 valence electrons. The molecule has 0 bridgehead atoms. The maximum absolute atomic E-state index is 5.52. The predicted molar refractivity (Wildman–Crippen MR) is 38.7 cm³/mol. The Morgan fingerprint density at radius 2 is 2.00 bits per heavy atom. The zero-order valence-electron chi connectivity index (χ0n) is 6.25. The van der Waals surface area contributed by atoms with E-state index in [4.69, 9.17) is 4.74 Å². The van der Waals surface area contributed by atoms with Crippen molar-refractivity contribution < 1.29 is 4.74 Å². The summed E-state index contributed by atoms with van der Waals surface area (Å²) in [5, 5.41) is 0. The smallest absolute Gasteiger partial charge is 0.0872 e. The van der Waals surface area contributed by atoms with Crippen LogP contribution in [0, 0.1) is 11.8 Å². The van der Waals surface area contributed by atoms with Gasteiger partial charge in [0, 0.05) is 0 Å². The molecule has 0 unspecified atom stereocenters. The molecule has 0 aromatic rings. The Morgan fingerprint density at radius 1 is 1.10 bits per heavy atom. The average Bonchev–Trinajstić information content (AvgIpc) is 2.64. The van der Waals surface area contributed by atoms with Gasteiger partial charge in [-0.05, 0) is 31.1 Å². The summed E-state index contributed by atoms with van der Waals surface area (Å²) >= 11 is 0. The second-order valence-electron chi connectivity index (χ2n) is 4.08. The van der Waals surface area contributed by atoms with Crippen LogP contribution < -0.4 is 0 Å². The van der Waals surface area contributed by atoms with E-state index in [-0.39, 0.29) is 0 Å². The molecule has 1 nitrogen and oxygen atoms in total. The Morgan fingerprint density at radius 3 is 2.90 bits per heavy atom.